The molecule has 4 heterocycles. The van der Waals surface area contributed by atoms with Gasteiger partial charge in [0.15, 0.2) is 17.9 Å². The molecule has 0 radical (unpaired) electrons. The highest BCUT2D eigenvalue weighted by Crippen LogP contribution is 2.24. The number of H-pyrrole nitrogens is 2. The van der Waals surface area contributed by atoms with Gasteiger partial charge in [0, 0.05) is 75.1 Å². The summed E-state index contributed by atoms with van der Waals surface area (Å²) < 4.78 is 0. The highest BCUT2D eigenvalue weighted by molar-refractivity contribution is 7.98. The van der Waals surface area contributed by atoms with Crippen molar-refractivity contribution in [2.45, 2.75) is 242 Å². The molecule has 0 spiro atoms. The molecule has 117 heavy (non-hydrogen) atoms. The largest absolute Gasteiger partial charge is 0.480 e. The SMILES string of the molecule is CSCC[C@H](NC(=O)[C@H](CC(C)C)NC(=O)[C@H](C)NC(=O)[C@H](CCCN=C(N)N)NC(=O)[C@@H]1CCCN1C(=O)[C@H](CC(C)C)NC(=O)[C@H](Cc1cnc[nH]1)NC(=O)[C@@H]1CCCN1C(=O)[C@H](Cc1cnc[nH]1)NC(=O)[C@@H](NC(=O)[C@@H](NC(=O)[C@H](CCCN=C(N)N)NC(=O)[C@@H](N)CS)C(C)C)[C@@H](C)O)C(=O)N[C@@H](CCCN=C(N)N)C(=O)O. The van der Waals surface area contributed by atoms with Crippen LogP contribution in [-0.4, -0.2) is 282 Å². The van der Waals surface area contributed by atoms with Gasteiger partial charge in [-0.3, -0.25) is 77.3 Å². The van der Waals surface area contributed by atoms with Crippen LogP contribution >= 0.6 is 24.4 Å². The summed E-state index contributed by atoms with van der Waals surface area (Å²) in [5.74, 6) is -13.3. The minimum atomic E-state index is -1.76. The van der Waals surface area contributed by atoms with E-state index in [4.69, 9.17) is 40.1 Å². The summed E-state index contributed by atoms with van der Waals surface area (Å²) in [6, 6.07) is -18.7. The molecule has 2 saturated heterocycles. The first-order valence-corrected chi connectivity index (χ1v) is 41.1. The van der Waals surface area contributed by atoms with Crippen molar-refractivity contribution in [1.82, 2.24) is 88.2 Å². The van der Waals surface area contributed by atoms with Gasteiger partial charge in [0.05, 0.1) is 24.8 Å². The number of nitrogens with zero attached hydrogens (tertiary/aromatic N) is 7. The fourth-order valence-electron chi connectivity index (χ4n) is 12.9. The lowest BCUT2D eigenvalue weighted by atomic mass is 10.0. The summed E-state index contributed by atoms with van der Waals surface area (Å²) in [6.45, 7) is 13.2. The normalized spacial score (nSPS) is 17.2. The second-order valence-electron chi connectivity index (χ2n) is 30.1. The molecule has 4 rings (SSSR count). The Morgan fingerprint density at radius 1 is 0.496 bits per heavy atom. The zero-order valence-electron chi connectivity index (χ0n) is 67.9. The average Bonchev–Trinajstić information content (AvgIpc) is 0.898. The number of imidazole rings is 2. The molecule has 2 aliphatic rings. The summed E-state index contributed by atoms with van der Waals surface area (Å²) in [4.78, 5) is 226. The molecular formula is C72H123N27O16S2. The molecule has 29 N–H and O–H groups in total. The van der Waals surface area contributed by atoms with Gasteiger partial charge < -0.3 is 129 Å². The maximum atomic E-state index is 15.0. The van der Waals surface area contributed by atoms with Crippen LogP contribution in [0.25, 0.3) is 0 Å². The van der Waals surface area contributed by atoms with Crippen LogP contribution in [0.15, 0.2) is 40.0 Å². The lowest BCUT2D eigenvalue weighted by Gasteiger charge is -2.32. The minimum absolute atomic E-state index is 0.00663. The number of aliphatic hydroxyl groups excluding tert-OH is 1. The number of hydrogen-bond donors (Lipinski definition) is 23. The molecule has 2 aromatic heterocycles. The molecule has 13 amide bonds. The Labute approximate surface area is 689 Å². The van der Waals surface area contributed by atoms with Gasteiger partial charge in [0.25, 0.3) is 0 Å². The van der Waals surface area contributed by atoms with Gasteiger partial charge in [-0.05, 0) is 127 Å². The summed E-state index contributed by atoms with van der Waals surface area (Å²) >= 11 is 5.44. The maximum Gasteiger partial charge on any atom is 0.326 e. The Hall–Kier alpha value is -10.6. The minimum Gasteiger partial charge on any atom is -0.480 e. The number of carbonyl (C=O) groups excluding carboxylic acids is 13. The number of nitrogens with one attached hydrogen (secondary N) is 13. The van der Waals surface area contributed by atoms with Crippen molar-refractivity contribution in [1.29, 1.82) is 0 Å². The van der Waals surface area contributed by atoms with Gasteiger partial charge in [-0.25, -0.2) is 14.8 Å². The molecule has 2 aromatic rings. The van der Waals surface area contributed by atoms with Crippen LogP contribution in [0, 0.1) is 17.8 Å². The Bertz CT molecular complexity index is 3710. The summed E-state index contributed by atoms with van der Waals surface area (Å²) in [6.07, 6.45) is 6.60. The zero-order chi connectivity index (χ0) is 87.3. The number of rotatable bonds is 51. The summed E-state index contributed by atoms with van der Waals surface area (Å²) in [5.41, 5.74) is 39.5. The highest BCUT2D eigenvalue weighted by Gasteiger charge is 2.44. The van der Waals surface area contributed by atoms with E-state index in [2.05, 4.69) is 106 Å². The van der Waals surface area contributed by atoms with Crippen LogP contribution in [0.4, 0.5) is 0 Å². The predicted molar refractivity (Wildman–Crippen MR) is 439 cm³/mol. The van der Waals surface area contributed by atoms with Crippen molar-refractivity contribution in [3.63, 3.8) is 0 Å². The second kappa shape index (κ2) is 50.1. The fraction of sp³-hybridized carbons (Fsp3) is 0.681. The van der Waals surface area contributed by atoms with E-state index in [1.54, 1.807) is 47.8 Å². The average molecular weight is 1690 g/mol. The predicted octanol–water partition coefficient (Wildman–Crippen LogP) is -6.36. The summed E-state index contributed by atoms with van der Waals surface area (Å²) in [5, 5.41) is 50.1. The molecule has 2 fully saturated rings. The fourth-order valence-corrected chi connectivity index (χ4v) is 13.6. The van der Waals surface area contributed by atoms with E-state index in [1.165, 1.54) is 60.5 Å². The number of aromatic amines is 2. The summed E-state index contributed by atoms with van der Waals surface area (Å²) in [7, 11) is 0. The van der Waals surface area contributed by atoms with Crippen LogP contribution in [0.3, 0.4) is 0 Å². The van der Waals surface area contributed by atoms with Crippen molar-refractivity contribution in [2.24, 2.45) is 72.9 Å². The van der Waals surface area contributed by atoms with E-state index in [-0.39, 0.29) is 158 Å². The highest BCUT2D eigenvalue weighted by atomic mass is 32.2. The van der Waals surface area contributed by atoms with Crippen molar-refractivity contribution in [2.75, 3.05) is 50.5 Å². The van der Waals surface area contributed by atoms with Gasteiger partial charge in [-0.15, -0.1) is 0 Å². The number of aliphatic carboxylic acids is 1. The van der Waals surface area contributed by atoms with Crippen molar-refractivity contribution in [3.8, 4) is 0 Å². The van der Waals surface area contributed by atoms with E-state index >= 15 is 9.59 Å². The van der Waals surface area contributed by atoms with Gasteiger partial charge >= 0.3 is 5.97 Å². The first kappa shape index (κ1) is 98.8. The van der Waals surface area contributed by atoms with Crippen molar-refractivity contribution in [3.05, 3.63) is 36.4 Å². The van der Waals surface area contributed by atoms with Crippen molar-refractivity contribution < 1.29 is 77.3 Å². The monoisotopic (exact) mass is 1690 g/mol. The first-order chi connectivity index (χ1) is 55.3. The van der Waals surface area contributed by atoms with E-state index < -0.39 is 179 Å². The number of guanidine groups is 3. The molecule has 43 nitrogen and oxygen atoms in total. The van der Waals surface area contributed by atoms with Crippen molar-refractivity contribution >= 4 is 125 Å². The Morgan fingerprint density at radius 3 is 1.34 bits per heavy atom. The molecule has 0 bridgehead atoms. The zero-order valence-corrected chi connectivity index (χ0v) is 69.6. The number of likely N-dealkylation sites (tertiary alicyclic amines) is 2. The Kier molecular flexibility index (Phi) is 42.3. The third kappa shape index (κ3) is 33.9. The molecule has 0 aromatic carbocycles. The van der Waals surface area contributed by atoms with Crippen LogP contribution in [0.5, 0.6) is 0 Å². The van der Waals surface area contributed by atoms with E-state index in [0.717, 1.165) is 0 Å². The molecular weight excluding hydrogens is 1560 g/mol. The maximum absolute atomic E-state index is 15.0. The molecule has 0 unspecified atom stereocenters. The lowest BCUT2D eigenvalue weighted by molar-refractivity contribution is -0.144. The number of aliphatic hydroxyl groups is 1. The van der Waals surface area contributed by atoms with Crippen LogP contribution in [0.1, 0.15) is 150 Å². The second-order valence-corrected chi connectivity index (χ2v) is 31.5. The van der Waals surface area contributed by atoms with E-state index in [1.807, 2.05) is 0 Å². The molecule has 0 aliphatic carbocycles. The number of aromatic nitrogens is 4. The number of amides is 13. The number of carboxylic acids is 1. The van der Waals surface area contributed by atoms with E-state index in [0.29, 0.717) is 23.6 Å². The number of hydrogen-bond acceptors (Lipinski definition) is 23. The lowest BCUT2D eigenvalue weighted by Crippen LogP contribution is -2.62. The Balaban J connectivity index is 1.56. The standard InChI is InChI=1S/C72H123N27O16S2/c1-36(2)27-48(61(106)89-46(20-26-117-9)59(104)91-47(69(114)115)17-12-23-84-72(78)79)92-56(101)39(7)87-58(103)44(15-10-21-82-70(74)75)90-63(108)52-18-13-24-98(52)67(112)50(28-37(3)4)94-62(107)49(29-41-31-80-34-85-41)93-64(109)53-19-14-25-99(53)68(113)51(30-42-32-81-35-86-42)95-66(111)55(40(8)100)97-65(110)54(38(5)6)96-60(105)45(16-11-22-83-71(76)77)88-57(102)43(73)33-116/h31-32,34-40,43-55,100,116H,10-30,33,73H2,1-9H3,(H,80,85)(H,81,86)(H,87,103)(H,88,102)(H,89,106)(H,90,108)(H,91,104)(H,92,101)(H,93,109)(H,94,107)(H,95,111)(H,96,105)(H,97,110)(H,114,115)(H4,74,75,82)(H4,76,77,83)(H4,78,79,84)/t39-,40+,43-,44-,45-,46-,47-,48-,49-,50-,51-,52-,53-,54-,55-/m0/s1. The number of thioether (sulfide) groups is 1. The van der Waals surface area contributed by atoms with Gasteiger partial charge in [-0.1, -0.05) is 41.5 Å². The number of aliphatic imine (C=N–C) groups is 3. The van der Waals surface area contributed by atoms with Crippen LogP contribution in [0.2, 0.25) is 0 Å². The number of carboxylic acid groups (broad SMARTS) is 1. The molecule has 0 saturated carbocycles. The van der Waals surface area contributed by atoms with Gasteiger partial charge in [-0.2, -0.15) is 24.4 Å². The molecule has 45 heteroatoms. The Morgan fingerprint density at radius 2 is 0.880 bits per heavy atom. The topological polar surface area (TPSA) is 695 Å². The number of nitrogens with two attached hydrogens (primary N) is 7. The van der Waals surface area contributed by atoms with E-state index in [9.17, 15) is 67.7 Å². The quantitative estimate of drug-likeness (QED) is 0.0127. The third-order valence-electron chi connectivity index (χ3n) is 19.1. The van der Waals surface area contributed by atoms with Gasteiger partial charge in [0.2, 0.25) is 76.8 Å². The van der Waals surface area contributed by atoms with Crippen LogP contribution in [-0.2, 0) is 80.0 Å². The smallest absolute Gasteiger partial charge is 0.326 e. The van der Waals surface area contributed by atoms with Crippen LogP contribution < -0.4 is 98.6 Å². The number of carbonyl (C=O) groups is 14. The van der Waals surface area contributed by atoms with Gasteiger partial charge in [0.1, 0.15) is 78.5 Å². The number of thiol groups is 1. The molecule has 654 valence electrons. The third-order valence-corrected chi connectivity index (χ3v) is 20.1. The first-order valence-electron chi connectivity index (χ1n) is 39.1. The molecule has 15 atom stereocenters. The molecule has 2 aliphatic heterocycles.